The van der Waals surface area contributed by atoms with E-state index in [1.165, 1.54) is 19.2 Å². The third-order valence-corrected chi connectivity index (χ3v) is 6.39. The minimum absolute atomic E-state index is 0.178. The van der Waals surface area contributed by atoms with Gasteiger partial charge in [0.25, 0.3) is 0 Å². The molecule has 10 heteroatoms. The predicted molar refractivity (Wildman–Crippen MR) is 125 cm³/mol. The van der Waals surface area contributed by atoms with E-state index in [1.54, 1.807) is 18.3 Å². The molecule has 2 aromatic heterocycles. The minimum atomic E-state index is -3.58. The van der Waals surface area contributed by atoms with E-state index in [0.29, 0.717) is 18.2 Å². The van der Waals surface area contributed by atoms with Gasteiger partial charge in [0.15, 0.2) is 0 Å². The second kappa shape index (κ2) is 10.2. The number of imidazole rings is 1. The first kappa shape index (κ1) is 23.8. The number of rotatable bonds is 10. The van der Waals surface area contributed by atoms with Crippen LogP contribution in [0.2, 0.25) is 0 Å². The van der Waals surface area contributed by atoms with Crippen molar-refractivity contribution in [3.8, 4) is 11.4 Å². The lowest BCUT2D eigenvalue weighted by Crippen LogP contribution is -2.27. The molecule has 2 N–H and O–H groups in total. The molecular formula is C22H30N6O3S. The molecule has 0 saturated heterocycles. The van der Waals surface area contributed by atoms with E-state index in [2.05, 4.69) is 45.3 Å². The standard InChI is InChI=1S/C22H30N6O3S/c1-6-20-25-16(4)21(28(20)15(2)3)19-11-12-23-22(27-19)26-17-7-9-18(10-8-17)32(29,30)24-13-14-31-5/h7-12,15,24H,6,13-14H2,1-5H3,(H,23,26,27). The van der Waals surface area contributed by atoms with Gasteiger partial charge in [0.05, 0.1) is 28.6 Å². The van der Waals surface area contributed by atoms with Gasteiger partial charge in [-0.15, -0.1) is 0 Å². The Morgan fingerprint density at radius 2 is 1.84 bits per heavy atom. The highest BCUT2D eigenvalue weighted by Crippen LogP contribution is 2.28. The molecule has 0 spiro atoms. The van der Waals surface area contributed by atoms with Crippen molar-refractivity contribution in [1.82, 2.24) is 24.2 Å². The molecule has 0 atom stereocenters. The van der Waals surface area contributed by atoms with Crippen LogP contribution < -0.4 is 10.0 Å². The molecular weight excluding hydrogens is 428 g/mol. The number of aromatic nitrogens is 4. The monoisotopic (exact) mass is 458 g/mol. The van der Waals surface area contributed by atoms with Crippen LogP contribution in [0.1, 0.15) is 38.3 Å². The van der Waals surface area contributed by atoms with E-state index in [4.69, 9.17) is 9.72 Å². The van der Waals surface area contributed by atoms with Gasteiger partial charge in [-0.05, 0) is 51.1 Å². The van der Waals surface area contributed by atoms with Crippen LogP contribution in [0.15, 0.2) is 41.4 Å². The second-order valence-corrected chi connectivity index (χ2v) is 9.35. The van der Waals surface area contributed by atoms with Crippen molar-refractivity contribution in [1.29, 1.82) is 0 Å². The molecule has 3 rings (SSSR count). The smallest absolute Gasteiger partial charge is 0.240 e. The highest BCUT2D eigenvalue weighted by Gasteiger charge is 2.19. The second-order valence-electron chi connectivity index (χ2n) is 7.58. The summed E-state index contributed by atoms with van der Waals surface area (Å²) < 4.78 is 34.2. The topological polar surface area (TPSA) is 111 Å². The van der Waals surface area contributed by atoms with Crippen molar-refractivity contribution < 1.29 is 13.2 Å². The quantitative estimate of drug-likeness (QED) is 0.448. The zero-order valence-electron chi connectivity index (χ0n) is 19.1. The maximum Gasteiger partial charge on any atom is 0.240 e. The van der Waals surface area contributed by atoms with E-state index in [0.717, 1.165) is 29.3 Å². The molecule has 172 valence electrons. The Balaban J connectivity index is 1.83. The van der Waals surface area contributed by atoms with Gasteiger partial charge in [-0.1, -0.05) is 6.92 Å². The molecule has 0 radical (unpaired) electrons. The number of hydrogen-bond donors (Lipinski definition) is 2. The van der Waals surface area contributed by atoms with Crippen molar-refractivity contribution in [3.63, 3.8) is 0 Å². The Hall–Kier alpha value is -2.82. The highest BCUT2D eigenvalue weighted by atomic mass is 32.2. The predicted octanol–water partition coefficient (Wildman–Crippen LogP) is 3.46. The number of ether oxygens (including phenoxy) is 1. The first-order valence-corrected chi connectivity index (χ1v) is 12.0. The van der Waals surface area contributed by atoms with E-state index in [9.17, 15) is 8.42 Å². The Bertz CT molecular complexity index is 1160. The van der Waals surface area contributed by atoms with Crippen molar-refractivity contribution in [2.45, 2.75) is 45.1 Å². The summed E-state index contributed by atoms with van der Waals surface area (Å²) in [7, 11) is -2.06. The molecule has 0 aliphatic heterocycles. The fraction of sp³-hybridized carbons (Fsp3) is 0.409. The molecule has 0 unspecified atom stereocenters. The van der Waals surface area contributed by atoms with Crippen molar-refractivity contribution in [3.05, 3.63) is 48.0 Å². The summed E-state index contributed by atoms with van der Waals surface area (Å²) in [6.45, 7) is 8.86. The van der Waals surface area contributed by atoms with Crippen molar-refractivity contribution in [2.24, 2.45) is 0 Å². The van der Waals surface area contributed by atoms with Crippen LogP contribution in [0.4, 0.5) is 11.6 Å². The van der Waals surface area contributed by atoms with Crippen molar-refractivity contribution in [2.75, 3.05) is 25.6 Å². The highest BCUT2D eigenvalue weighted by molar-refractivity contribution is 7.89. The summed E-state index contributed by atoms with van der Waals surface area (Å²) in [4.78, 5) is 13.9. The Kier molecular flexibility index (Phi) is 7.60. The fourth-order valence-electron chi connectivity index (χ4n) is 3.48. The molecule has 0 amide bonds. The van der Waals surface area contributed by atoms with Gasteiger partial charge < -0.3 is 14.6 Å². The third kappa shape index (κ3) is 5.32. The summed E-state index contributed by atoms with van der Waals surface area (Å²) >= 11 is 0. The number of sulfonamides is 1. The van der Waals surface area contributed by atoms with Gasteiger partial charge >= 0.3 is 0 Å². The van der Waals surface area contributed by atoms with Gasteiger partial charge in [-0.2, -0.15) is 0 Å². The molecule has 2 heterocycles. The van der Waals surface area contributed by atoms with Gasteiger partial charge in [0.1, 0.15) is 5.82 Å². The lowest BCUT2D eigenvalue weighted by Gasteiger charge is -2.15. The number of methoxy groups -OCH3 is 1. The van der Waals surface area contributed by atoms with Gasteiger partial charge in [-0.3, -0.25) is 0 Å². The van der Waals surface area contributed by atoms with Crippen LogP contribution in [0.5, 0.6) is 0 Å². The van der Waals surface area contributed by atoms with Gasteiger partial charge in [-0.25, -0.2) is 28.1 Å². The Labute approximate surface area is 189 Å². The zero-order valence-corrected chi connectivity index (χ0v) is 19.9. The first-order chi connectivity index (χ1) is 15.3. The van der Waals surface area contributed by atoms with E-state index in [1.807, 2.05) is 13.0 Å². The number of aryl methyl sites for hydroxylation is 2. The molecule has 32 heavy (non-hydrogen) atoms. The molecule has 9 nitrogen and oxygen atoms in total. The largest absolute Gasteiger partial charge is 0.383 e. The summed E-state index contributed by atoms with van der Waals surface area (Å²) in [5.74, 6) is 1.45. The van der Waals surface area contributed by atoms with Crippen LogP contribution in [0, 0.1) is 6.92 Å². The Morgan fingerprint density at radius 3 is 2.47 bits per heavy atom. The summed E-state index contributed by atoms with van der Waals surface area (Å²) in [6.07, 6.45) is 2.54. The molecule has 0 bridgehead atoms. The van der Waals surface area contributed by atoms with E-state index >= 15 is 0 Å². The van der Waals surface area contributed by atoms with Crippen LogP contribution >= 0.6 is 0 Å². The number of benzene rings is 1. The lowest BCUT2D eigenvalue weighted by atomic mass is 10.2. The maximum atomic E-state index is 12.3. The average Bonchev–Trinajstić information content (AvgIpc) is 3.11. The summed E-state index contributed by atoms with van der Waals surface area (Å²) in [5.41, 5.74) is 3.37. The van der Waals surface area contributed by atoms with Crippen LogP contribution in [0.3, 0.4) is 0 Å². The normalized spacial score (nSPS) is 11.8. The zero-order chi connectivity index (χ0) is 23.3. The lowest BCUT2D eigenvalue weighted by molar-refractivity contribution is 0.204. The molecule has 0 aliphatic rings. The summed E-state index contributed by atoms with van der Waals surface area (Å²) in [5, 5.41) is 3.15. The van der Waals surface area contributed by atoms with Crippen LogP contribution in [-0.4, -0.2) is 48.2 Å². The molecule has 0 saturated carbocycles. The molecule has 0 aliphatic carbocycles. The minimum Gasteiger partial charge on any atom is -0.383 e. The fourth-order valence-corrected chi connectivity index (χ4v) is 4.49. The van der Waals surface area contributed by atoms with E-state index < -0.39 is 10.0 Å². The van der Waals surface area contributed by atoms with E-state index in [-0.39, 0.29) is 17.5 Å². The number of anilines is 2. The molecule has 3 aromatic rings. The number of nitrogens with zero attached hydrogens (tertiary/aromatic N) is 4. The van der Waals surface area contributed by atoms with Gasteiger partial charge in [0.2, 0.25) is 16.0 Å². The number of hydrogen-bond acceptors (Lipinski definition) is 7. The first-order valence-electron chi connectivity index (χ1n) is 10.5. The molecule has 0 fully saturated rings. The van der Waals surface area contributed by atoms with Crippen LogP contribution in [0.25, 0.3) is 11.4 Å². The average molecular weight is 459 g/mol. The van der Waals surface area contributed by atoms with Crippen LogP contribution in [-0.2, 0) is 21.2 Å². The SMILES string of the molecule is CCc1nc(C)c(-c2ccnc(Nc3ccc(S(=O)(=O)NCCOC)cc3)n2)n1C(C)C. The third-order valence-electron chi connectivity index (χ3n) is 4.91. The Morgan fingerprint density at radius 1 is 1.12 bits per heavy atom. The number of nitrogens with one attached hydrogen (secondary N) is 2. The van der Waals surface area contributed by atoms with Gasteiger partial charge in [0, 0.05) is 38.0 Å². The van der Waals surface area contributed by atoms with Crippen molar-refractivity contribution >= 4 is 21.7 Å². The maximum absolute atomic E-state index is 12.3. The molecule has 1 aromatic carbocycles. The summed E-state index contributed by atoms with van der Waals surface area (Å²) in [6, 6.07) is 8.55.